The number of nitrogens with zero attached hydrogens (tertiary/aromatic N) is 1. The van der Waals surface area contributed by atoms with Gasteiger partial charge in [-0.25, -0.2) is 4.79 Å². The summed E-state index contributed by atoms with van der Waals surface area (Å²) in [5.74, 6) is 0. The number of halogens is 1. The number of nitrogens with one attached hydrogen (secondary N) is 2. The van der Waals surface area contributed by atoms with Gasteiger partial charge in [-0.05, 0) is 55.2 Å². The molecule has 0 bridgehead atoms. The lowest BCUT2D eigenvalue weighted by molar-refractivity contribution is 0.209. The van der Waals surface area contributed by atoms with Gasteiger partial charge in [0.1, 0.15) is 0 Å². The summed E-state index contributed by atoms with van der Waals surface area (Å²) in [4.78, 5) is 30.8. The normalized spacial score (nSPS) is 10.9. The highest BCUT2D eigenvalue weighted by molar-refractivity contribution is 6.33. The number of anilines is 1. The fourth-order valence-corrected chi connectivity index (χ4v) is 4.04. The Balaban J connectivity index is 1.64. The zero-order chi connectivity index (χ0) is 23.4. The number of urea groups is 1. The van der Waals surface area contributed by atoms with E-state index in [1.165, 1.54) is 0 Å². The van der Waals surface area contributed by atoms with E-state index >= 15 is 0 Å². The molecule has 0 fully saturated rings. The Hall–Kier alpha value is -3.57. The van der Waals surface area contributed by atoms with Gasteiger partial charge in [-0.3, -0.25) is 4.79 Å². The monoisotopic (exact) mass is 459 g/mol. The Kier molecular flexibility index (Phi) is 6.80. The number of rotatable bonds is 6. The molecule has 5 nitrogen and oxygen atoms in total. The predicted octanol–water partition coefficient (Wildman–Crippen LogP) is 6.08. The van der Waals surface area contributed by atoms with Crippen LogP contribution < -0.4 is 10.9 Å². The third-order valence-corrected chi connectivity index (χ3v) is 6.13. The molecule has 0 spiro atoms. The van der Waals surface area contributed by atoms with E-state index in [-0.39, 0.29) is 18.1 Å². The summed E-state index contributed by atoms with van der Waals surface area (Å²) >= 11 is 6.24. The summed E-state index contributed by atoms with van der Waals surface area (Å²) in [5, 5.41) is 4.33. The van der Waals surface area contributed by atoms with Gasteiger partial charge in [-0.2, -0.15) is 0 Å². The molecule has 3 aromatic carbocycles. The molecule has 168 valence electrons. The highest BCUT2D eigenvalue weighted by Crippen LogP contribution is 2.22. The molecule has 0 aliphatic carbocycles. The lowest BCUT2D eigenvalue weighted by Gasteiger charge is -2.24. The molecule has 33 heavy (non-hydrogen) atoms. The van der Waals surface area contributed by atoms with Crippen molar-refractivity contribution in [2.75, 3.05) is 11.9 Å². The van der Waals surface area contributed by atoms with Crippen molar-refractivity contribution in [3.63, 3.8) is 0 Å². The van der Waals surface area contributed by atoms with E-state index in [1.807, 2.05) is 74.5 Å². The Labute approximate surface area is 198 Å². The average molecular weight is 460 g/mol. The Morgan fingerprint density at radius 1 is 0.970 bits per heavy atom. The van der Waals surface area contributed by atoms with Gasteiger partial charge in [0.05, 0.1) is 22.8 Å². The van der Waals surface area contributed by atoms with Crippen LogP contribution >= 0.6 is 11.6 Å². The zero-order valence-corrected chi connectivity index (χ0v) is 19.4. The number of H-pyrrole nitrogens is 1. The van der Waals surface area contributed by atoms with Crippen molar-refractivity contribution >= 4 is 34.2 Å². The second kappa shape index (κ2) is 9.92. The molecule has 4 aromatic rings. The number of para-hydroxylation sites is 1. The van der Waals surface area contributed by atoms with Crippen LogP contribution in [0.5, 0.6) is 0 Å². The molecule has 0 aliphatic heterocycles. The number of hydrogen-bond acceptors (Lipinski definition) is 2. The van der Waals surface area contributed by atoms with Crippen molar-refractivity contribution in [1.82, 2.24) is 9.88 Å². The molecule has 0 saturated heterocycles. The van der Waals surface area contributed by atoms with Gasteiger partial charge in [-0.1, -0.05) is 66.2 Å². The number of hydrogen-bond donors (Lipinski definition) is 2. The van der Waals surface area contributed by atoms with Crippen molar-refractivity contribution in [1.29, 1.82) is 0 Å². The second-order valence-electron chi connectivity index (χ2n) is 8.18. The van der Waals surface area contributed by atoms with E-state index in [4.69, 9.17) is 11.6 Å². The fourth-order valence-electron chi connectivity index (χ4n) is 3.86. The molecule has 2 N–H and O–H groups in total. The maximum absolute atomic E-state index is 13.2. The topological polar surface area (TPSA) is 65.2 Å². The molecule has 0 unspecified atom stereocenters. The smallest absolute Gasteiger partial charge is 0.321 e. The Morgan fingerprint density at radius 2 is 1.67 bits per heavy atom. The summed E-state index contributed by atoms with van der Waals surface area (Å²) in [6, 6.07) is 22.7. The van der Waals surface area contributed by atoms with E-state index in [1.54, 1.807) is 17.0 Å². The first-order chi connectivity index (χ1) is 15.9. The van der Waals surface area contributed by atoms with Gasteiger partial charge in [0.15, 0.2) is 0 Å². The number of aryl methyl sites for hydroxylation is 2. The van der Waals surface area contributed by atoms with Crippen LogP contribution in [0.3, 0.4) is 0 Å². The van der Waals surface area contributed by atoms with Crippen LogP contribution in [0.2, 0.25) is 5.02 Å². The summed E-state index contributed by atoms with van der Waals surface area (Å²) < 4.78 is 0. The van der Waals surface area contributed by atoms with Gasteiger partial charge in [0, 0.05) is 17.5 Å². The summed E-state index contributed by atoms with van der Waals surface area (Å²) in [6.45, 7) is 4.62. The quantitative estimate of drug-likeness (QED) is 0.367. The van der Waals surface area contributed by atoms with Gasteiger partial charge in [0.25, 0.3) is 5.56 Å². The summed E-state index contributed by atoms with van der Waals surface area (Å²) in [6.07, 6.45) is 0.667. The van der Waals surface area contributed by atoms with Crippen molar-refractivity contribution in [3.8, 4) is 0 Å². The lowest BCUT2D eigenvalue weighted by Crippen LogP contribution is -2.37. The SMILES string of the molecule is Cc1ccc(C)c2[nH]c(=O)c(CN(CCc3ccccc3)C(=O)Nc3ccccc3Cl)cc12. The summed E-state index contributed by atoms with van der Waals surface area (Å²) in [7, 11) is 0. The van der Waals surface area contributed by atoms with E-state index in [0.717, 1.165) is 27.6 Å². The minimum absolute atomic E-state index is 0.182. The molecular formula is C27H26ClN3O2. The first-order valence-electron chi connectivity index (χ1n) is 10.9. The molecule has 1 aromatic heterocycles. The van der Waals surface area contributed by atoms with Gasteiger partial charge < -0.3 is 15.2 Å². The summed E-state index contributed by atoms with van der Waals surface area (Å²) in [5.41, 5.74) is 4.92. The maximum atomic E-state index is 13.2. The van der Waals surface area contributed by atoms with Crippen LogP contribution in [-0.2, 0) is 13.0 Å². The maximum Gasteiger partial charge on any atom is 0.322 e. The first-order valence-corrected chi connectivity index (χ1v) is 11.3. The Bertz CT molecular complexity index is 1350. The number of fused-ring (bicyclic) bond motifs is 1. The minimum Gasteiger partial charge on any atom is -0.321 e. The van der Waals surface area contributed by atoms with Crippen molar-refractivity contribution in [2.24, 2.45) is 0 Å². The predicted molar refractivity (Wildman–Crippen MR) is 135 cm³/mol. The van der Waals surface area contributed by atoms with Gasteiger partial charge in [0.2, 0.25) is 0 Å². The molecule has 0 saturated carbocycles. The van der Waals surface area contributed by atoms with Gasteiger partial charge in [-0.15, -0.1) is 0 Å². The Morgan fingerprint density at radius 3 is 2.42 bits per heavy atom. The number of amides is 2. The minimum atomic E-state index is -0.306. The van der Waals surface area contributed by atoms with Crippen molar-refractivity contribution in [3.05, 3.63) is 110 Å². The van der Waals surface area contributed by atoms with E-state index in [2.05, 4.69) is 10.3 Å². The molecule has 0 radical (unpaired) electrons. The van der Waals surface area contributed by atoms with Crippen LogP contribution in [0, 0.1) is 13.8 Å². The van der Waals surface area contributed by atoms with Crippen molar-refractivity contribution in [2.45, 2.75) is 26.8 Å². The van der Waals surface area contributed by atoms with Crippen LogP contribution in [-0.4, -0.2) is 22.5 Å². The van der Waals surface area contributed by atoms with Crippen LogP contribution in [0.4, 0.5) is 10.5 Å². The largest absolute Gasteiger partial charge is 0.322 e. The number of carbonyl (C=O) groups is 1. The third-order valence-electron chi connectivity index (χ3n) is 5.80. The highest BCUT2D eigenvalue weighted by atomic mass is 35.5. The van der Waals surface area contributed by atoms with Gasteiger partial charge >= 0.3 is 6.03 Å². The number of pyridine rings is 1. The van der Waals surface area contributed by atoms with E-state index in [0.29, 0.717) is 29.2 Å². The lowest BCUT2D eigenvalue weighted by atomic mass is 10.0. The molecule has 0 aliphatic rings. The van der Waals surface area contributed by atoms with Crippen LogP contribution in [0.15, 0.2) is 77.6 Å². The second-order valence-corrected chi connectivity index (χ2v) is 8.59. The molecular weight excluding hydrogens is 434 g/mol. The number of aromatic amines is 1. The molecule has 4 rings (SSSR count). The molecule has 2 amide bonds. The average Bonchev–Trinajstić information content (AvgIpc) is 2.82. The fraction of sp³-hybridized carbons (Fsp3) is 0.185. The number of benzene rings is 3. The van der Waals surface area contributed by atoms with E-state index in [9.17, 15) is 9.59 Å². The first kappa shape index (κ1) is 22.6. The highest BCUT2D eigenvalue weighted by Gasteiger charge is 2.18. The standard InChI is InChI=1S/C27H26ClN3O2/c1-18-12-13-19(2)25-22(18)16-21(26(32)30-25)17-31(15-14-20-8-4-3-5-9-20)27(33)29-24-11-7-6-10-23(24)28/h3-13,16H,14-15,17H2,1-2H3,(H,29,33)(H,30,32). The van der Waals surface area contributed by atoms with Crippen LogP contribution in [0.1, 0.15) is 22.3 Å². The number of carbonyl (C=O) groups excluding carboxylic acids is 1. The van der Waals surface area contributed by atoms with E-state index < -0.39 is 0 Å². The van der Waals surface area contributed by atoms with Crippen LogP contribution in [0.25, 0.3) is 10.9 Å². The molecule has 0 atom stereocenters. The number of aromatic nitrogens is 1. The molecule has 6 heteroatoms. The zero-order valence-electron chi connectivity index (χ0n) is 18.7. The third kappa shape index (κ3) is 5.26. The molecule has 1 heterocycles. The van der Waals surface area contributed by atoms with Crippen molar-refractivity contribution < 1.29 is 4.79 Å².